The first-order valence-corrected chi connectivity index (χ1v) is 18.2. The van der Waals surface area contributed by atoms with Crippen molar-refractivity contribution in [1.29, 1.82) is 0 Å². The maximum atomic E-state index is 2.56. The molecule has 0 atom stereocenters. The first-order valence-electron chi connectivity index (χ1n) is 16.2. The first kappa shape index (κ1) is 42.8. The van der Waals surface area contributed by atoms with E-state index in [9.17, 15) is 0 Å². The number of benzene rings is 3. The van der Waals surface area contributed by atoms with Gasteiger partial charge in [0.05, 0.1) is 0 Å². The van der Waals surface area contributed by atoms with Crippen LogP contribution in [0.4, 0.5) is 0 Å². The van der Waals surface area contributed by atoms with Gasteiger partial charge in [-0.25, -0.2) is 6.07 Å². The van der Waals surface area contributed by atoms with E-state index in [1.54, 1.807) is 0 Å². The summed E-state index contributed by atoms with van der Waals surface area (Å²) in [6, 6.07) is 36.8. The monoisotopic (exact) mass is 700 g/mol. The van der Waals surface area contributed by atoms with Crippen molar-refractivity contribution in [3.05, 3.63) is 113 Å². The maximum Gasteiger partial charge on any atom is 4.00 e. The molecule has 0 aliphatic carbocycles. The zero-order chi connectivity index (χ0) is 28.2. The molecule has 0 N–H and O–H groups in total. The Balaban J connectivity index is 0.00000462. The topological polar surface area (TPSA) is 0 Å². The molecule has 0 aromatic heterocycles. The second-order valence-electron chi connectivity index (χ2n) is 11.8. The Morgan fingerprint density at radius 3 is 1.02 bits per heavy atom. The summed E-state index contributed by atoms with van der Waals surface area (Å²) >= 11 is 0. The van der Waals surface area contributed by atoms with Crippen LogP contribution in [0.1, 0.15) is 101 Å². The summed E-state index contributed by atoms with van der Waals surface area (Å²) < 4.78 is 0. The van der Waals surface area contributed by atoms with Gasteiger partial charge in [-0.1, -0.05) is 155 Å². The fraction of sp³-hybridized carbons (Fsp3) is 0.410. The minimum Gasteiger partial charge on any atom is -1.00 e. The van der Waals surface area contributed by atoms with E-state index in [-0.39, 0.29) is 58.9 Å². The molecule has 4 rings (SSSR count). The predicted octanol–water partition coefficient (Wildman–Crippen LogP) is -0.837. The van der Waals surface area contributed by atoms with Crippen LogP contribution in [0.15, 0.2) is 91.0 Å². The van der Waals surface area contributed by atoms with Crippen LogP contribution in [-0.4, -0.2) is 8.07 Å². The van der Waals surface area contributed by atoms with Crippen LogP contribution in [-0.2, 0) is 47.4 Å². The van der Waals surface area contributed by atoms with Crippen molar-refractivity contribution in [2.75, 3.05) is 0 Å². The molecule has 0 unspecified atom stereocenters. The van der Waals surface area contributed by atoms with Crippen molar-refractivity contribution in [3.8, 4) is 0 Å². The van der Waals surface area contributed by atoms with Gasteiger partial charge in [-0.15, -0.1) is 5.19 Å². The molecule has 0 bridgehead atoms. The number of hydrogen-bond acceptors (Lipinski definition) is 0. The molecule has 0 aliphatic heterocycles. The van der Waals surface area contributed by atoms with E-state index in [1.807, 2.05) is 0 Å². The number of hydrogen-bond donors (Lipinski definition) is 0. The van der Waals surface area contributed by atoms with Crippen molar-refractivity contribution >= 4 is 28.8 Å². The molecular weight excluding hydrogens is 651 g/mol. The fourth-order valence-corrected chi connectivity index (χ4v) is 10.9. The van der Waals surface area contributed by atoms with E-state index in [4.69, 9.17) is 0 Å². The van der Waals surface area contributed by atoms with Gasteiger partial charge in [-0.3, -0.25) is 0 Å². The summed E-state index contributed by atoms with van der Waals surface area (Å²) in [4.78, 5) is 0. The molecular formula is C39H51Cl3SiTi. The zero-order valence-corrected chi connectivity index (χ0v) is 32.1. The van der Waals surface area contributed by atoms with Crippen LogP contribution in [0.2, 0.25) is 0 Å². The van der Waals surface area contributed by atoms with E-state index in [0.717, 1.165) is 0 Å². The number of rotatable bonds is 16. The summed E-state index contributed by atoms with van der Waals surface area (Å²) in [5.74, 6) is 0. The van der Waals surface area contributed by atoms with Crippen LogP contribution in [0.5, 0.6) is 0 Å². The molecule has 0 aliphatic rings. The molecule has 0 amide bonds. The largest absolute Gasteiger partial charge is 4.00 e. The standard InChI is InChI=1S/C39H51Si.3ClH.Ti/c1-5-9-13-32-17-24-36(25-18-32)40(39-30-23-35(31-39)16-12-8-4,37-26-19-33(20-27-37)14-10-6-2)38-28-21-34(22-29-38)15-11-7-3;;;;/h17-31H,5-16H2,1-4H3;3*1H;/q-1;;;;+4/p-3. The molecule has 5 heteroatoms. The summed E-state index contributed by atoms with van der Waals surface area (Å²) in [5.41, 5.74) is 5.88. The first-order chi connectivity index (χ1) is 19.6. The van der Waals surface area contributed by atoms with E-state index >= 15 is 0 Å². The smallest absolute Gasteiger partial charge is 1.00 e. The molecule has 0 fully saturated rings. The second-order valence-corrected chi connectivity index (χ2v) is 15.6. The van der Waals surface area contributed by atoms with Gasteiger partial charge < -0.3 is 37.2 Å². The summed E-state index contributed by atoms with van der Waals surface area (Å²) in [6.45, 7) is 9.15. The van der Waals surface area contributed by atoms with Crippen molar-refractivity contribution in [2.45, 2.75) is 105 Å². The minimum atomic E-state index is -2.48. The maximum absolute atomic E-state index is 2.56. The Labute approximate surface area is 303 Å². The van der Waals surface area contributed by atoms with Crippen molar-refractivity contribution in [3.63, 3.8) is 0 Å². The quantitative estimate of drug-likeness (QED) is 0.0814. The molecule has 236 valence electrons. The molecule has 0 nitrogen and oxygen atoms in total. The zero-order valence-electron chi connectivity index (χ0n) is 27.3. The third-order valence-corrected chi connectivity index (χ3v) is 13.5. The Bertz CT molecular complexity index is 1160. The van der Waals surface area contributed by atoms with Crippen LogP contribution in [0, 0.1) is 0 Å². The molecule has 4 aromatic rings. The summed E-state index contributed by atoms with van der Waals surface area (Å²) in [5, 5.41) is 6.04. The second kappa shape index (κ2) is 22.4. The molecule has 4 aromatic carbocycles. The molecule has 0 saturated heterocycles. The van der Waals surface area contributed by atoms with Gasteiger partial charge in [0.25, 0.3) is 0 Å². The molecule has 0 saturated carbocycles. The summed E-state index contributed by atoms with van der Waals surface area (Å²) in [6.07, 6.45) is 14.6. The van der Waals surface area contributed by atoms with Crippen LogP contribution >= 0.6 is 0 Å². The number of halogens is 3. The van der Waals surface area contributed by atoms with Gasteiger partial charge >= 0.3 is 21.7 Å². The number of aryl methyl sites for hydroxylation is 4. The van der Waals surface area contributed by atoms with E-state index < -0.39 is 8.07 Å². The van der Waals surface area contributed by atoms with E-state index in [2.05, 4.69) is 119 Å². The fourth-order valence-electron chi connectivity index (χ4n) is 6.17. The Morgan fingerprint density at radius 2 is 0.727 bits per heavy atom. The van der Waals surface area contributed by atoms with E-state index in [1.165, 1.54) is 120 Å². The third kappa shape index (κ3) is 10.7. The average Bonchev–Trinajstić information content (AvgIpc) is 3.48. The molecule has 0 radical (unpaired) electrons. The molecule has 44 heavy (non-hydrogen) atoms. The van der Waals surface area contributed by atoms with Gasteiger partial charge in [-0.2, -0.15) is 17.7 Å². The van der Waals surface area contributed by atoms with Crippen molar-refractivity contribution < 1.29 is 58.9 Å². The molecule has 0 spiro atoms. The van der Waals surface area contributed by atoms with Crippen molar-refractivity contribution in [1.82, 2.24) is 0 Å². The number of unbranched alkanes of at least 4 members (excludes halogenated alkanes) is 4. The average molecular weight is 702 g/mol. The normalized spacial score (nSPS) is 10.6. The van der Waals surface area contributed by atoms with E-state index in [0.29, 0.717) is 0 Å². The van der Waals surface area contributed by atoms with Gasteiger partial charge in [0, 0.05) is 0 Å². The van der Waals surface area contributed by atoms with Crippen LogP contribution < -0.4 is 58.0 Å². The van der Waals surface area contributed by atoms with Crippen molar-refractivity contribution in [2.24, 2.45) is 0 Å². The van der Waals surface area contributed by atoms with Gasteiger partial charge in [0.1, 0.15) is 8.07 Å². The third-order valence-electron chi connectivity index (χ3n) is 8.69. The summed E-state index contributed by atoms with van der Waals surface area (Å²) in [7, 11) is -2.48. The Morgan fingerprint density at radius 1 is 0.432 bits per heavy atom. The SMILES string of the molecule is CCCCc1ccc([Si](c2ccc(CCCC)cc2)(c2ccc(CCCC)cc2)[c-]2ccc(CCCC)c2)cc1.[Cl-].[Cl-].[Cl-].[Ti+4]. The molecule has 0 heterocycles. The van der Waals surface area contributed by atoms with Gasteiger partial charge in [0.15, 0.2) is 0 Å². The van der Waals surface area contributed by atoms with Gasteiger partial charge in [-0.05, 0) is 55.2 Å². The van der Waals surface area contributed by atoms with Crippen LogP contribution in [0.25, 0.3) is 0 Å². The van der Waals surface area contributed by atoms with Crippen LogP contribution in [0.3, 0.4) is 0 Å². The Hall–Kier alpha value is -1.19. The predicted molar refractivity (Wildman–Crippen MR) is 180 cm³/mol. The Kier molecular flexibility index (Phi) is 21.8. The van der Waals surface area contributed by atoms with Gasteiger partial charge in [0.2, 0.25) is 0 Å². The minimum absolute atomic E-state index is 0.